The van der Waals surface area contributed by atoms with Crippen molar-refractivity contribution >= 4 is 23.4 Å². The topological polar surface area (TPSA) is 106 Å². The Balaban J connectivity index is 1.18. The van der Waals surface area contributed by atoms with Crippen LogP contribution in [0.15, 0.2) is 18.2 Å². The van der Waals surface area contributed by atoms with Gasteiger partial charge in [-0.3, -0.25) is 19.7 Å². The van der Waals surface area contributed by atoms with Crippen molar-refractivity contribution in [3.63, 3.8) is 0 Å². The number of piperidine rings is 1. The molecular weight excluding hydrogens is 466 g/mol. The maximum atomic E-state index is 13.4. The number of hydrogen-bond acceptors (Lipinski definition) is 6. The Morgan fingerprint density at radius 2 is 1.86 bits per heavy atom. The van der Waals surface area contributed by atoms with Crippen LogP contribution in [0.3, 0.4) is 0 Å². The van der Waals surface area contributed by atoms with E-state index in [0.717, 1.165) is 68.8 Å². The summed E-state index contributed by atoms with van der Waals surface area (Å²) in [4.78, 5) is 41.8. The van der Waals surface area contributed by atoms with Gasteiger partial charge in [-0.1, -0.05) is 18.9 Å². The third-order valence-electron chi connectivity index (χ3n) is 9.30. The van der Waals surface area contributed by atoms with Crippen LogP contribution in [0.5, 0.6) is 0 Å². The highest BCUT2D eigenvalue weighted by molar-refractivity contribution is 6.06. The van der Waals surface area contributed by atoms with Gasteiger partial charge in [-0.25, -0.2) is 0 Å². The summed E-state index contributed by atoms with van der Waals surface area (Å²) in [6.07, 6.45) is 10.9. The average molecular weight is 504 g/mol. The summed E-state index contributed by atoms with van der Waals surface area (Å²) in [6.45, 7) is 2.23. The highest BCUT2D eigenvalue weighted by Crippen LogP contribution is 2.44. The molecule has 1 atom stereocenters. The molecule has 3 aliphatic carbocycles. The van der Waals surface area contributed by atoms with Crippen LogP contribution in [-0.4, -0.2) is 53.8 Å². The van der Waals surface area contributed by atoms with E-state index in [2.05, 4.69) is 27.7 Å². The lowest BCUT2D eigenvalue weighted by Gasteiger charge is -2.40. The molecule has 0 spiro atoms. The van der Waals surface area contributed by atoms with Crippen molar-refractivity contribution in [3.8, 4) is 6.07 Å². The van der Waals surface area contributed by atoms with E-state index in [1.807, 2.05) is 12.1 Å². The summed E-state index contributed by atoms with van der Waals surface area (Å²) in [6, 6.07) is 8.82. The smallest absolute Gasteiger partial charge is 0.255 e. The van der Waals surface area contributed by atoms with Gasteiger partial charge in [-0.05, 0) is 69.4 Å². The fraction of sp³-hybridized carbons (Fsp3) is 0.655. The van der Waals surface area contributed by atoms with E-state index in [1.54, 1.807) is 4.90 Å². The van der Waals surface area contributed by atoms with Crippen LogP contribution in [0.2, 0.25) is 0 Å². The minimum atomic E-state index is -0.588. The Bertz CT molecular complexity index is 1130. The van der Waals surface area contributed by atoms with E-state index in [0.29, 0.717) is 30.6 Å². The lowest BCUT2D eigenvalue weighted by Crippen LogP contribution is -2.52. The molecule has 196 valence electrons. The number of carbonyl (C=O) groups excluding carboxylic acids is 3. The molecule has 0 radical (unpaired) electrons. The summed E-state index contributed by atoms with van der Waals surface area (Å²) in [7, 11) is 0. The van der Waals surface area contributed by atoms with Gasteiger partial charge < -0.3 is 15.1 Å². The van der Waals surface area contributed by atoms with E-state index in [-0.39, 0.29) is 29.6 Å². The second-order valence-electron chi connectivity index (χ2n) is 11.9. The quantitative estimate of drug-likeness (QED) is 0.501. The van der Waals surface area contributed by atoms with Crippen LogP contribution < -0.4 is 15.5 Å². The molecule has 2 heterocycles. The van der Waals surface area contributed by atoms with E-state index in [9.17, 15) is 19.6 Å². The molecule has 5 aliphatic rings. The molecule has 0 aromatic heterocycles. The molecule has 3 saturated carbocycles. The minimum absolute atomic E-state index is 0.104. The normalized spacial score (nSPS) is 28.5. The lowest BCUT2D eigenvalue weighted by molar-refractivity contribution is -0.136. The third-order valence-corrected chi connectivity index (χ3v) is 9.30. The van der Waals surface area contributed by atoms with Crippen molar-refractivity contribution in [2.75, 3.05) is 18.0 Å². The fourth-order valence-electron chi connectivity index (χ4n) is 6.48. The van der Waals surface area contributed by atoms with Crippen molar-refractivity contribution in [3.05, 3.63) is 29.3 Å². The molecule has 1 aromatic rings. The van der Waals surface area contributed by atoms with E-state index in [4.69, 9.17) is 0 Å². The van der Waals surface area contributed by atoms with Crippen molar-refractivity contribution in [1.82, 2.24) is 15.5 Å². The Kier molecular flexibility index (Phi) is 6.44. The summed E-state index contributed by atoms with van der Waals surface area (Å²) >= 11 is 0. The molecule has 4 fully saturated rings. The summed E-state index contributed by atoms with van der Waals surface area (Å²) in [5.74, 6) is 0.0922. The van der Waals surface area contributed by atoms with Crippen LogP contribution in [0.25, 0.3) is 0 Å². The second-order valence-corrected chi connectivity index (χ2v) is 11.9. The Hall–Kier alpha value is -2.92. The number of benzene rings is 1. The summed E-state index contributed by atoms with van der Waals surface area (Å²) in [5.41, 5.74) is 2.75. The van der Waals surface area contributed by atoms with E-state index < -0.39 is 6.04 Å². The number of nitriles is 1. The van der Waals surface area contributed by atoms with Crippen molar-refractivity contribution in [1.29, 1.82) is 5.26 Å². The number of rotatable bonds is 9. The Morgan fingerprint density at radius 1 is 1.08 bits per heavy atom. The first-order valence-electron chi connectivity index (χ1n) is 14.1. The van der Waals surface area contributed by atoms with Crippen LogP contribution in [0.1, 0.15) is 86.6 Å². The van der Waals surface area contributed by atoms with E-state index in [1.165, 1.54) is 19.3 Å². The van der Waals surface area contributed by atoms with Gasteiger partial charge in [0, 0.05) is 55.0 Å². The number of nitrogens with zero attached hydrogens (tertiary/aromatic N) is 3. The Morgan fingerprint density at radius 3 is 2.54 bits per heavy atom. The first kappa shape index (κ1) is 24.4. The van der Waals surface area contributed by atoms with Gasteiger partial charge in [0.25, 0.3) is 5.91 Å². The largest absolute Gasteiger partial charge is 0.368 e. The molecule has 8 heteroatoms. The van der Waals surface area contributed by atoms with Gasteiger partial charge in [0.05, 0.1) is 11.5 Å². The van der Waals surface area contributed by atoms with Crippen molar-refractivity contribution < 1.29 is 14.4 Å². The average Bonchev–Trinajstić information content (AvgIpc) is 3.84. The Labute approximate surface area is 218 Å². The predicted molar refractivity (Wildman–Crippen MR) is 139 cm³/mol. The van der Waals surface area contributed by atoms with Crippen LogP contribution in [0, 0.1) is 22.7 Å². The standard InChI is InChI=1S/C29H37N5O3/c30-17-29(13-14-29)18-31-20-6-8-21(9-7-20)33(15-12-19-4-5-19)24-3-1-2-22-23(24)16-34(28(22)37)25-10-11-26(35)32-27(25)36/h1-3,19-21,25,31H,4-16,18H2,(H,32,35,36). The molecular formula is C29H37N5O3. The highest BCUT2D eigenvalue weighted by atomic mass is 16.2. The number of hydrogen-bond donors (Lipinski definition) is 2. The molecule has 37 heavy (non-hydrogen) atoms. The van der Waals surface area contributed by atoms with Crippen LogP contribution in [0.4, 0.5) is 5.69 Å². The first-order valence-corrected chi connectivity index (χ1v) is 14.1. The maximum absolute atomic E-state index is 13.4. The number of carbonyl (C=O) groups is 3. The van der Waals surface area contributed by atoms with Gasteiger partial charge in [-0.2, -0.15) is 5.26 Å². The lowest BCUT2D eigenvalue weighted by atomic mass is 9.88. The number of imide groups is 1. The third kappa shape index (κ3) is 4.98. The maximum Gasteiger partial charge on any atom is 0.255 e. The van der Waals surface area contributed by atoms with Gasteiger partial charge in [-0.15, -0.1) is 0 Å². The SMILES string of the molecule is N#CC1(CNC2CCC(N(CCC3CC3)c3cccc4c3CN(C3CCC(=O)NC3=O)C4=O)CC2)CC1. The molecule has 2 aliphatic heterocycles. The zero-order valence-corrected chi connectivity index (χ0v) is 21.5. The molecule has 0 bridgehead atoms. The number of anilines is 1. The molecule has 2 N–H and O–H groups in total. The van der Waals surface area contributed by atoms with E-state index >= 15 is 0 Å². The molecule has 1 aromatic carbocycles. The fourth-order valence-corrected chi connectivity index (χ4v) is 6.48. The van der Waals surface area contributed by atoms with Gasteiger partial charge >= 0.3 is 0 Å². The number of nitrogens with one attached hydrogen (secondary N) is 2. The molecule has 8 nitrogen and oxygen atoms in total. The first-order chi connectivity index (χ1) is 18.0. The summed E-state index contributed by atoms with van der Waals surface area (Å²) in [5, 5.41) is 15.5. The van der Waals surface area contributed by atoms with Crippen LogP contribution >= 0.6 is 0 Å². The van der Waals surface area contributed by atoms with Gasteiger partial charge in [0.15, 0.2) is 0 Å². The summed E-state index contributed by atoms with van der Waals surface area (Å²) < 4.78 is 0. The molecule has 1 saturated heterocycles. The molecule has 1 unspecified atom stereocenters. The van der Waals surface area contributed by atoms with Gasteiger partial charge in [0.1, 0.15) is 6.04 Å². The molecule has 6 rings (SSSR count). The van der Waals surface area contributed by atoms with Gasteiger partial charge in [0.2, 0.25) is 11.8 Å². The van der Waals surface area contributed by atoms with Crippen molar-refractivity contribution in [2.45, 2.75) is 95.3 Å². The zero-order valence-electron chi connectivity index (χ0n) is 21.5. The number of fused-ring (bicyclic) bond motifs is 1. The predicted octanol–water partition coefficient (Wildman–Crippen LogP) is 3.26. The van der Waals surface area contributed by atoms with Crippen LogP contribution in [-0.2, 0) is 16.1 Å². The second kappa shape index (κ2) is 9.75. The minimum Gasteiger partial charge on any atom is -0.368 e. The zero-order chi connectivity index (χ0) is 25.6. The number of amides is 3. The molecule has 3 amide bonds. The monoisotopic (exact) mass is 503 g/mol. The van der Waals surface area contributed by atoms with Crippen molar-refractivity contribution in [2.24, 2.45) is 11.3 Å². The highest BCUT2D eigenvalue weighted by Gasteiger charge is 2.44.